The lowest BCUT2D eigenvalue weighted by Gasteiger charge is -2.38. The molecule has 2 atom stereocenters. The van der Waals surface area contributed by atoms with Gasteiger partial charge in [-0.2, -0.15) is 0 Å². The smallest absolute Gasteiger partial charge is 0.219 e. The molecule has 0 aromatic heterocycles. The highest BCUT2D eigenvalue weighted by Gasteiger charge is 2.26. The molecule has 2 rings (SSSR count). The first-order chi connectivity index (χ1) is 9.18. The fourth-order valence-electron chi connectivity index (χ4n) is 3.65. The summed E-state index contributed by atoms with van der Waals surface area (Å²) in [5, 5.41) is 12.3. The van der Waals surface area contributed by atoms with Gasteiger partial charge < -0.3 is 15.2 Å². The summed E-state index contributed by atoms with van der Waals surface area (Å²) >= 11 is 0. The third-order valence-electron chi connectivity index (χ3n) is 4.82. The van der Waals surface area contributed by atoms with E-state index >= 15 is 0 Å². The van der Waals surface area contributed by atoms with Crippen LogP contribution < -0.4 is 5.06 Å². The monoisotopic (exact) mass is 268 g/mol. The van der Waals surface area contributed by atoms with Crippen molar-refractivity contribution in [2.75, 3.05) is 13.1 Å². The molecule has 1 aliphatic heterocycles. The van der Waals surface area contributed by atoms with Gasteiger partial charge in [-0.15, -0.1) is 0 Å². The van der Waals surface area contributed by atoms with Gasteiger partial charge in [0.15, 0.2) is 0 Å². The molecule has 2 unspecified atom stereocenters. The number of hydrogen-bond donors (Lipinski definition) is 1. The minimum atomic E-state index is 0.190. The minimum absolute atomic E-state index is 0.190. The van der Waals surface area contributed by atoms with Crippen molar-refractivity contribution in [2.45, 2.75) is 76.8 Å². The summed E-state index contributed by atoms with van der Waals surface area (Å²) in [6.07, 6.45) is 10.3. The number of hydrogen-bond acceptors (Lipinski definition) is 2. The Bertz CT molecular complexity index is 290. The molecule has 2 fully saturated rings. The van der Waals surface area contributed by atoms with Crippen molar-refractivity contribution in [1.29, 1.82) is 0 Å². The van der Waals surface area contributed by atoms with Crippen LogP contribution in [0.5, 0.6) is 0 Å². The Balaban J connectivity index is 1.84. The SMILES string of the molecule is CC(=O)N(CCC1CCCC[NH+]1[O-])C1CCCCC1. The van der Waals surface area contributed by atoms with Crippen LogP contribution in [0, 0.1) is 5.21 Å². The molecule has 1 heterocycles. The van der Waals surface area contributed by atoms with Gasteiger partial charge in [0.1, 0.15) is 0 Å². The third-order valence-corrected chi connectivity index (χ3v) is 4.82. The fourth-order valence-corrected chi connectivity index (χ4v) is 3.65. The van der Waals surface area contributed by atoms with Crippen LogP contribution in [0.1, 0.15) is 64.7 Å². The van der Waals surface area contributed by atoms with Crippen molar-refractivity contribution in [3.63, 3.8) is 0 Å². The zero-order valence-electron chi connectivity index (χ0n) is 12.2. The molecule has 1 saturated heterocycles. The van der Waals surface area contributed by atoms with E-state index in [1.165, 1.54) is 25.7 Å². The van der Waals surface area contributed by atoms with Gasteiger partial charge in [0, 0.05) is 25.9 Å². The molecule has 0 aromatic rings. The predicted molar refractivity (Wildman–Crippen MR) is 75.7 cm³/mol. The van der Waals surface area contributed by atoms with Gasteiger partial charge >= 0.3 is 0 Å². The second kappa shape index (κ2) is 7.25. The third kappa shape index (κ3) is 4.18. The van der Waals surface area contributed by atoms with E-state index in [0.717, 1.165) is 45.2 Å². The molecular weight excluding hydrogens is 240 g/mol. The number of rotatable bonds is 4. The first-order valence-electron chi connectivity index (χ1n) is 7.98. The van der Waals surface area contributed by atoms with Crippen molar-refractivity contribution in [2.24, 2.45) is 0 Å². The normalized spacial score (nSPS) is 29.2. The van der Waals surface area contributed by atoms with Crippen molar-refractivity contribution in [3.8, 4) is 0 Å². The van der Waals surface area contributed by atoms with E-state index in [0.29, 0.717) is 11.1 Å². The number of piperidine rings is 1. The average molecular weight is 268 g/mol. The summed E-state index contributed by atoms with van der Waals surface area (Å²) in [5.74, 6) is 0.190. The molecule has 0 bridgehead atoms. The van der Waals surface area contributed by atoms with Crippen LogP contribution in [0.15, 0.2) is 0 Å². The predicted octanol–water partition coefficient (Wildman–Crippen LogP) is 1.49. The summed E-state index contributed by atoms with van der Waals surface area (Å²) in [6.45, 7) is 3.22. The molecule has 1 N–H and O–H groups in total. The van der Waals surface area contributed by atoms with Gasteiger partial charge in [-0.1, -0.05) is 19.3 Å². The Morgan fingerprint density at radius 3 is 2.47 bits per heavy atom. The molecule has 4 nitrogen and oxygen atoms in total. The Morgan fingerprint density at radius 2 is 1.84 bits per heavy atom. The van der Waals surface area contributed by atoms with Gasteiger partial charge in [0.25, 0.3) is 0 Å². The molecular formula is C15H28N2O2. The molecule has 1 aliphatic carbocycles. The van der Waals surface area contributed by atoms with E-state index in [4.69, 9.17) is 0 Å². The molecule has 1 amide bonds. The lowest BCUT2D eigenvalue weighted by atomic mass is 9.93. The molecule has 4 heteroatoms. The van der Waals surface area contributed by atoms with Gasteiger partial charge in [0.2, 0.25) is 5.91 Å². The number of amides is 1. The molecule has 0 radical (unpaired) electrons. The van der Waals surface area contributed by atoms with E-state index in [9.17, 15) is 10.0 Å². The Labute approximate surface area is 116 Å². The number of quaternary nitrogens is 1. The van der Waals surface area contributed by atoms with Crippen LogP contribution in [0.2, 0.25) is 0 Å². The maximum atomic E-state index is 11.8. The van der Waals surface area contributed by atoms with E-state index in [2.05, 4.69) is 0 Å². The summed E-state index contributed by atoms with van der Waals surface area (Å²) in [7, 11) is 0. The van der Waals surface area contributed by atoms with Gasteiger partial charge in [-0.05, 0) is 32.1 Å². The number of hydroxylamine groups is 2. The fraction of sp³-hybridized carbons (Fsp3) is 0.933. The van der Waals surface area contributed by atoms with E-state index in [-0.39, 0.29) is 11.9 Å². The maximum Gasteiger partial charge on any atom is 0.219 e. The summed E-state index contributed by atoms with van der Waals surface area (Å²) in [5.41, 5.74) is 0. The average Bonchev–Trinajstić information content (AvgIpc) is 2.42. The van der Waals surface area contributed by atoms with Crippen LogP contribution in [-0.2, 0) is 4.79 Å². The topological polar surface area (TPSA) is 47.8 Å². The van der Waals surface area contributed by atoms with Gasteiger partial charge in [0.05, 0.1) is 12.6 Å². The lowest BCUT2D eigenvalue weighted by Crippen LogP contribution is -3.12. The maximum absolute atomic E-state index is 11.8. The summed E-state index contributed by atoms with van der Waals surface area (Å²) in [6, 6.07) is 0.657. The van der Waals surface area contributed by atoms with Crippen LogP contribution in [-0.4, -0.2) is 36.0 Å². The molecule has 1 saturated carbocycles. The van der Waals surface area contributed by atoms with E-state index in [1.54, 1.807) is 6.92 Å². The zero-order valence-corrected chi connectivity index (χ0v) is 12.2. The number of nitrogens with zero attached hydrogens (tertiary/aromatic N) is 1. The zero-order chi connectivity index (χ0) is 13.7. The minimum Gasteiger partial charge on any atom is -0.634 e. The van der Waals surface area contributed by atoms with Gasteiger partial charge in [-0.25, -0.2) is 0 Å². The molecule has 110 valence electrons. The highest BCUT2D eigenvalue weighted by atomic mass is 16.5. The van der Waals surface area contributed by atoms with Crippen molar-refractivity contribution < 1.29 is 9.86 Å². The Morgan fingerprint density at radius 1 is 1.16 bits per heavy atom. The molecule has 2 aliphatic rings. The van der Waals surface area contributed by atoms with Gasteiger partial charge in [-0.3, -0.25) is 4.79 Å². The summed E-state index contributed by atoms with van der Waals surface area (Å²) < 4.78 is 0. The Kier molecular flexibility index (Phi) is 5.64. The van der Waals surface area contributed by atoms with Crippen molar-refractivity contribution in [1.82, 2.24) is 4.90 Å². The number of carbonyl (C=O) groups is 1. The van der Waals surface area contributed by atoms with Crippen LogP contribution in [0.3, 0.4) is 0 Å². The highest BCUT2D eigenvalue weighted by molar-refractivity contribution is 5.73. The van der Waals surface area contributed by atoms with Crippen LogP contribution in [0.25, 0.3) is 0 Å². The second-order valence-electron chi connectivity index (χ2n) is 6.20. The number of carbonyl (C=O) groups excluding carboxylic acids is 1. The highest BCUT2D eigenvalue weighted by Crippen LogP contribution is 2.23. The van der Waals surface area contributed by atoms with Crippen LogP contribution >= 0.6 is 0 Å². The van der Waals surface area contributed by atoms with Crippen molar-refractivity contribution in [3.05, 3.63) is 5.21 Å². The number of nitrogens with one attached hydrogen (secondary N) is 1. The molecule has 0 aromatic carbocycles. The first-order valence-corrected chi connectivity index (χ1v) is 7.98. The quantitative estimate of drug-likeness (QED) is 0.785. The van der Waals surface area contributed by atoms with E-state index in [1.807, 2.05) is 4.90 Å². The second-order valence-corrected chi connectivity index (χ2v) is 6.20. The Hall–Kier alpha value is -0.610. The first kappa shape index (κ1) is 14.8. The standard InChI is InChI=1S/C15H28N2O2/c1-13(18)16(14-7-3-2-4-8-14)12-10-15-9-5-6-11-17(15)19/h14-15,17H,2-12H2,1H3. The summed E-state index contributed by atoms with van der Waals surface area (Å²) in [4.78, 5) is 13.9. The van der Waals surface area contributed by atoms with Crippen molar-refractivity contribution >= 4 is 5.91 Å². The van der Waals surface area contributed by atoms with E-state index < -0.39 is 0 Å². The van der Waals surface area contributed by atoms with Crippen LogP contribution in [0.4, 0.5) is 0 Å². The molecule has 0 spiro atoms. The largest absolute Gasteiger partial charge is 0.634 e. The molecule has 19 heavy (non-hydrogen) atoms. The lowest BCUT2D eigenvalue weighted by molar-refractivity contribution is -0.881.